The van der Waals surface area contributed by atoms with E-state index in [0.29, 0.717) is 0 Å². The van der Waals surface area contributed by atoms with Crippen molar-refractivity contribution in [1.82, 2.24) is 0 Å². The second-order valence-corrected chi connectivity index (χ2v) is 11.8. The van der Waals surface area contributed by atoms with E-state index in [1.807, 2.05) is 24.3 Å². The van der Waals surface area contributed by atoms with E-state index in [2.05, 4.69) is 57.5 Å². The summed E-state index contributed by atoms with van der Waals surface area (Å²) in [6, 6.07) is 7.92. The van der Waals surface area contributed by atoms with E-state index in [-0.39, 0.29) is 10.3 Å². The number of halogens is 1. The number of hydrogen-bond donors (Lipinski definition) is 0. The van der Waals surface area contributed by atoms with Gasteiger partial charge in [0.2, 0.25) is 0 Å². The third-order valence-corrected chi connectivity index (χ3v) is 8.34. The predicted octanol–water partition coefficient (Wildman–Crippen LogP) is 5.03. The lowest BCUT2D eigenvalue weighted by molar-refractivity contribution is 0.527. The van der Waals surface area contributed by atoms with Gasteiger partial charge in [-0.25, -0.2) is 0 Å². The first-order valence-corrected chi connectivity index (χ1v) is 8.36. The summed E-state index contributed by atoms with van der Waals surface area (Å²) in [5.74, 6) is 0. The molecule has 0 radical (unpaired) electrons. The number of benzene rings is 1. The maximum Gasteiger partial charge on any atom is 0.125 e. The first-order chi connectivity index (χ1) is 7.50. The number of hydrogen-bond acceptors (Lipinski definition) is 1. The molecule has 3 heteroatoms. The third kappa shape index (κ3) is 2.69. The monoisotopic (exact) mass is 316 g/mol. The summed E-state index contributed by atoms with van der Waals surface area (Å²) < 4.78 is 14.6. The molecule has 1 aromatic rings. The van der Waals surface area contributed by atoms with Crippen LogP contribution in [0.25, 0.3) is 0 Å². The third-order valence-electron chi connectivity index (χ3n) is 3.06. The van der Waals surface area contributed by atoms with Crippen molar-refractivity contribution in [2.24, 2.45) is 0 Å². The Balaban J connectivity index is 3.53. The first kappa shape index (κ1) is 15.0. The normalized spacial score (nSPS) is 13.8. The molecular weight excluding hydrogens is 295 g/mol. The highest BCUT2D eigenvalue weighted by Crippen LogP contribution is 2.65. The van der Waals surface area contributed by atoms with Gasteiger partial charge in [0.05, 0.1) is 0 Å². The minimum atomic E-state index is -2.50. The lowest BCUT2D eigenvalue weighted by Gasteiger charge is -2.41. The highest BCUT2D eigenvalue weighted by atomic mass is 79.9. The fourth-order valence-corrected chi connectivity index (χ4v) is 7.21. The molecule has 96 valence electrons. The SMILES string of the molecule is CC(C)(C)P(=O)(c1cccc(Br)c1)C(C)(C)C. The predicted molar refractivity (Wildman–Crippen MR) is 80.9 cm³/mol. The van der Waals surface area contributed by atoms with Gasteiger partial charge in [0.25, 0.3) is 0 Å². The fourth-order valence-electron chi connectivity index (χ4n) is 2.45. The Kier molecular flexibility index (Phi) is 4.01. The summed E-state index contributed by atoms with van der Waals surface area (Å²) in [4.78, 5) is 0. The lowest BCUT2D eigenvalue weighted by atomic mass is 10.2. The van der Waals surface area contributed by atoms with Gasteiger partial charge in [-0.3, -0.25) is 0 Å². The largest absolute Gasteiger partial charge is 0.318 e. The van der Waals surface area contributed by atoms with Gasteiger partial charge in [0.15, 0.2) is 0 Å². The molecule has 1 nitrogen and oxygen atoms in total. The van der Waals surface area contributed by atoms with Crippen molar-refractivity contribution in [3.05, 3.63) is 28.7 Å². The van der Waals surface area contributed by atoms with Crippen molar-refractivity contribution in [2.45, 2.75) is 51.9 Å². The molecular formula is C14H22BrOP. The van der Waals surface area contributed by atoms with Crippen molar-refractivity contribution in [1.29, 1.82) is 0 Å². The van der Waals surface area contributed by atoms with E-state index in [1.54, 1.807) is 0 Å². The molecule has 0 spiro atoms. The number of rotatable bonds is 1. The topological polar surface area (TPSA) is 17.1 Å². The standard InChI is InChI=1S/C14H22BrOP/c1-13(2,3)17(16,14(4,5)6)12-9-7-8-11(15)10-12/h7-10H,1-6H3. The van der Waals surface area contributed by atoms with Crippen LogP contribution in [0.3, 0.4) is 0 Å². The zero-order valence-corrected chi connectivity index (χ0v) is 14.0. The summed E-state index contributed by atoms with van der Waals surface area (Å²) >= 11 is 3.47. The first-order valence-electron chi connectivity index (χ1n) is 5.86. The van der Waals surface area contributed by atoms with Crippen molar-refractivity contribution < 1.29 is 4.57 Å². The molecule has 0 aliphatic carbocycles. The second-order valence-electron chi connectivity index (χ2n) is 6.43. The second kappa shape index (κ2) is 4.55. The van der Waals surface area contributed by atoms with Crippen LogP contribution in [0.2, 0.25) is 0 Å². The van der Waals surface area contributed by atoms with Crippen molar-refractivity contribution in [2.75, 3.05) is 0 Å². The van der Waals surface area contributed by atoms with E-state index in [0.717, 1.165) is 9.78 Å². The van der Waals surface area contributed by atoms with Gasteiger partial charge in [-0.2, -0.15) is 0 Å². The lowest BCUT2D eigenvalue weighted by Crippen LogP contribution is -2.34. The van der Waals surface area contributed by atoms with Crippen molar-refractivity contribution in [3.8, 4) is 0 Å². The van der Waals surface area contributed by atoms with Crippen LogP contribution in [0.15, 0.2) is 28.7 Å². The van der Waals surface area contributed by atoms with Crippen LogP contribution in [-0.4, -0.2) is 10.3 Å². The quantitative estimate of drug-likeness (QED) is 0.664. The molecule has 0 bridgehead atoms. The Morgan fingerprint density at radius 2 is 1.47 bits per heavy atom. The summed E-state index contributed by atoms with van der Waals surface area (Å²) in [7, 11) is -2.50. The average molecular weight is 317 g/mol. The average Bonchev–Trinajstić information content (AvgIpc) is 2.12. The van der Waals surface area contributed by atoms with Crippen molar-refractivity contribution >= 4 is 28.4 Å². The highest BCUT2D eigenvalue weighted by Gasteiger charge is 2.47. The van der Waals surface area contributed by atoms with Crippen LogP contribution >= 0.6 is 23.1 Å². The van der Waals surface area contributed by atoms with Gasteiger partial charge in [-0.05, 0) is 12.1 Å². The van der Waals surface area contributed by atoms with Crippen molar-refractivity contribution in [3.63, 3.8) is 0 Å². The van der Waals surface area contributed by atoms with Crippen LogP contribution in [0.4, 0.5) is 0 Å². The molecule has 0 aliphatic heterocycles. The Bertz CT molecular complexity index is 434. The van der Waals surface area contributed by atoms with E-state index in [4.69, 9.17) is 0 Å². The van der Waals surface area contributed by atoms with Gasteiger partial charge >= 0.3 is 0 Å². The Hall–Kier alpha value is -0.0700. The molecule has 0 amide bonds. The summed E-state index contributed by atoms with van der Waals surface area (Å²) in [5, 5.41) is 0.504. The Labute approximate surface area is 114 Å². The van der Waals surface area contributed by atoms with Crippen LogP contribution in [0, 0.1) is 0 Å². The molecule has 0 unspecified atom stereocenters. The van der Waals surface area contributed by atoms with E-state index < -0.39 is 7.14 Å². The maximum absolute atomic E-state index is 13.6. The van der Waals surface area contributed by atoms with Crippen LogP contribution in [-0.2, 0) is 4.57 Å². The van der Waals surface area contributed by atoms with Crippen LogP contribution in [0.1, 0.15) is 41.5 Å². The molecule has 0 aromatic heterocycles. The van der Waals surface area contributed by atoms with Gasteiger partial charge in [0, 0.05) is 20.1 Å². The molecule has 0 heterocycles. The molecule has 0 aliphatic rings. The molecule has 0 fully saturated rings. The van der Waals surface area contributed by atoms with Gasteiger partial charge < -0.3 is 4.57 Å². The van der Waals surface area contributed by atoms with E-state index in [9.17, 15) is 4.57 Å². The molecule has 1 aromatic carbocycles. The minimum absolute atomic E-state index is 0.230. The molecule has 17 heavy (non-hydrogen) atoms. The van der Waals surface area contributed by atoms with E-state index in [1.165, 1.54) is 0 Å². The fraction of sp³-hybridized carbons (Fsp3) is 0.571. The Morgan fingerprint density at radius 3 is 1.82 bits per heavy atom. The van der Waals surface area contributed by atoms with Crippen LogP contribution < -0.4 is 5.30 Å². The summed E-state index contributed by atoms with van der Waals surface area (Å²) in [5.41, 5.74) is 0. The molecule has 0 saturated heterocycles. The molecule has 0 saturated carbocycles. The summed E-state index contributed by atoms with van der Waals surface area (Å²) in [6.07, 6.45) is 0. The maximum atomic E-state index is 13.6. The molecule has 0 N–H and O–H groups in total. The molecule has 1 rings (SSSR count). The highest BCUT2D eigenvalue weighted by molar-refractivity contribution is 9.10. The van der Waals surface area contributed by atoms with E-state index >= 15 is 0 Å². The summed E-state index contributed by atoms with van der Waals surface area (Å²) in [6.45, 7) is 12.4. The molecule has 0 atom stereocenters. The van der Waals surface area contributed by atoms with Gasteiger partial charge in [0.1, 0.15) is 7.14 Å². The zero-order valence-electron chi connectivity index (χ0n) is 11.5. The van der Waals surface area contributed by atoms with Gasteiger partial charge in [-0.1, -0.05) is 69.6 Å². The zero-order chi connectivity index (χ0) is 13.5. The van der Waals surface area contributed by atoms with Gasteiger partial charge in [-0.15, -0.1) is 0 Å². The smallest absolute Gasteiger partial charge is 0.125 e. The minimum Gasteiger partial charge on any atom is -0.318 e. The van der Waals surface area contributed by atoms with Crippen LogP contribution in [0.5, 0.6) is 0 Å². The Morgan fingerprint density at radius 1 is 1.00 bits per heavy atom.